The second-order valence-electron chi connectivity index (χ2n) is 5.62. The lowest BCUT2D eigenvalue weighted by Crippen LogP contribution is -2.25. The third-order valence-electron chi connectivity index (χ3n) is 3.73. The van der Waals surface area contributed by atoms with E-state index in [0.29, 0.717) is 12.3 Å². The second kappa shape index (κ2) is 8.06. The number of ether oxygens (including phenoxy) is 1. The number of carbonyl (C=O) groups is 1. The summed E-state index contributed by atoms with van der Waals surface area (Å²) < 4.78 is 5.12. The SMILES string of the molecule is COc1ccc(SCC(=O)NCc2c(C)cc(C)cc2C)cc1. The van der Waals surface area contributed by atoms with E-state index in [0.717, 1.165) is 10.6 Å². The number of thioether (sulfide) groups is 1. The zero-order valence-corrected chi connectivity index (χ0v) is 14.9. The first-order valence-electron chi connectivity index (χ1n) is 7.60. The number of methoxy groups -OCH3 is 1. The van der Waals surface area contributed by atoms with Crippen molar-refractivity contribution in [2.75, 3.05) is 12.9 Å². The lowest BCUT2D eigenvalue weighted by molar-refractivity contribution is -0.118. The Morgan fingerprint density at radius 1 is 1.09 bits per heavy atom. The van der Waals surface area contributed by atoms with E-state index in [1.165, 1.54) is 34.0 Å². The lowest BCUT2D eigenvalue weighted by atomic mass is 10.00. The number of amides is 1. The van der Waals surface area contributed by atoms with Gasteiger partial charge in [0.05, 0.1) is 12.9 Å². The third kappa shape index (κ3) is 5.03. The molecule has 0 aliphatic heterocycles. The summed E-state index contributed by atoms with van der Waals surface area (Å²) in [6.45, 7) is 6.86. The number of hydrogen-bond donors (Lipinski definition) is 1. The molecule has 2 rings (SSSR count). The summed E-state index contributed by atoms with van der Waals surface area (Å²) in [4.78, 5) is 13.1. The highest BCUT2D eigenvalue weighted by Gasteiger charge is 2.07. The van der Waals surface area contributed by atoms with Gasteiger partial charge in [-0.25, -0.2) is 0 Å². The van der Waals surface area contributed by atoms with Gasteiger partial charge >= 0.3 is 0 Å². The number of benzene rings is 2. The van der Waals surface area contributed by atoms with Gasteiger partial charge in [0.15, 0.2) is 0 Å². The van der Waals surface area contributed by atoms with Crippen LogP contribution in [0, 0.1) is 20.8 Å². The largest absolute Gasteiger partial charge is 0.497 e. The van der Waals surface area contributed by atoms with Crippen molar-refractivity contribution in [3.05, 3.63) is 58.7 Å². The Balaban J connectivity index is 1.85. The maximum Gasteiger partial charge on any atom is 0.230 e. The molecule has 0 saturated carbocycles. The molecule has 0 unspecified atom stereocenters. The van der Waals surface area contributed by atoms with Crippen molar-refractivity contribution in [1.82, 2.24) is 5.32 Å². The van der Waals surface area contributed by atoms with Crippen molar-refractivity contribution >= 4 is 17.7 Å². The van der Waals surface area contributed by atoms with E-state index in [4.69, 9.17) is 4.74 Å². The topological polar surface area (TPSA) is 38.3 Å². The van der Waals surface area contributed by atoms with E-state index in [1.807, 2.05) is 24.3 Å². The third-order valence-corrected chi connectivity index (χ3v) is 4.74. The molecule has 0 fully saturated rings. The Labute approximate surface area is 142 Å². The first kappa shape index (κ1) is 17.4. The average Bonchev–Trinajstić information content (AvgIpc) is 2.52. The molecular weight excluding hydrogens is 306 g/mol. The summed E-state index contributed by atoms with van der Waals surface area (Å²) in [5.74, 6) is 1.28. The summed E-state index contributed by atoms with van der Waals surface area (Å²) >= 11 is 1.53. The van der Waals surface area contributed by atoms with Crippen LogP contribution in [0.4, 0.5) is 0 Å². The van der Waals surface area contributed by atoms with Crippen LogP contribution in [0.25, 0.3) is 0 Å². The predicted molar refractivity (Wildman–Crippen MR) is 96.2 cm³/mol. The van der Waals surface area contributed by atoms with Gasteiger partial charge in [-0.1, -0.05) is 17.7 Å². The van der Waals surface area contributed by atoms with Gasteiger partial charge in [0.1, 0.15) is 5.75 Å². The van der Waals surface area contributed by atoms with Crippen LogP contribution in [0.1, 0.15) is 22.3 Å². The molecule has 2 aromatic carbocycles. The maximum atomic E-state index is 12.0. The smallest absolute Gasteiger partial charge is 0.230 e. The Morgan fingerprint density at radius 3 is 2.26 bits per heavy atom. The predicted octanol–water partition coefficient (Wildman–Crippen LogP) is 4.03. The van der Waals surface area contributed by atoms with Crippen molar-refractivity contribution in [3.8, 4) is 5.75 Å². The summed E-state index contributed by atoms with van der Waals surface area (Å²) in [7, 11) is 1.64. The lowest BCUT2D eigenvalue weighted by Gasteiger charge is -2.12. The monoisotopic (exact) mass is 329 g/mol. The van der Waals surface area contributed by atoms with E-state index in [-0.39, 0.29) is 5.91 Å². The van der Waals surface area contributed by atoms with Crippen molar-refractivity contribution in [3.63, 3.8) is 0 Å². The fraction of sp³-hybridized carbons (Fsp3) is 0.316. The second-order valence-corrected chi connectivity index (χ2v) is 6.67. The minimum atomic E-state index is 0.0465. The molecule has 1 N–H and O–H groups in total. The van der Waals surface area contributed by atoms with Crippen molar-refractivity contribution in [1.29, 1.82) is 0 Å². The minimum Gasteiger partial charge on any atom is -0.497 e. The average molecular weight is 329 g/mol. The van der Waals surface area contributed by atoms with Gasteiger partial charge < -0.3 is 10.1 Å². The van der Waals surface area contributed by atoms with Crippen molar-refractivity contribution in [2.45, 2.75) is 32.2 Å². The Bertz CT molecular complexity index is 657. The molecule has 2 aromatic rings. The van der Waals surface area contributed by atoms with Crippen LogP contribution in [-0.4, -0.2) is 18.8 Å². The first-order chi connectivity index (χ1) is 11.0. The Hall–Kier alpha value is -1.94. The molecule has 0 aromatic heterocycles. The summed E-state index contributed by atoms with van der Waals surface area (Å²) in [6, 6.07) is 12.0. The van der Waals surface area contributed by atoms with E-state index >= 15 is 0 Å². The normalized spacial score (nSPS) is 10.4. The van der Waals surface area contributed by atoms with Gasteiger partial charge in [0.2, 0.25) is 5.91 Å². The minimum absolute atomic E-state index is 0.0465. The molecule has 3 nitrogen and oxygen atoms in total. The van der Waals surface area contributed by atoms with Crippen LogP contribution in [0.5, 0.6) is 5.75 Å². The summed E-state index contributed by atoms with van der Waals surface area (Å²) in [6.07, 6.45) is 0. The fourth-order valence-corrected chi connectivity index (χ4v) is 3.28. The molecule has 0 aliphatic carbocycles. The number of hydrogen-bond acceptors (Lipinski definition) is 3. The van der Waals surface area contributed by atoms with Crippen LogP contribution in [0.3, 0.4) is 0 Å². The summed E-state index contributed by atoms with van der Waals surface area (Å²) in [5, 5.41) is 3.01. The number of nitrogens with one attached hydrogen (secondary N) is 1. The standard InChI is InChI=1S/C19H23NO2S/c1-13-9-14(2)18(15(3)10-13)11-20-19(21)12-23-17-7-5-16(22-4)6-8-17/h5-10H,11-12H2,1-4H3,(H,20,21). The van der Waals surface area contributed by atoms with Crippen LogP contribution in [-0.2, 0) is 11.3 Å². The quantitative estimate of drug-likeness (QED) is 0.813. The van der Waals surface area contributed by atoms with Gasteiger partial charge in [-0.05, 0) is 61.7 Å². The zero-order valence-electron chi connectivity index (χ0n) is 14.1. The van der Waals surface area contributed by atoms with E-state index in [1.54, 1.807) is 7.11 Å². The molecule has 0 aliphatic rings. The first-order valence-corrected chi connectivity index (χ1v) is 8.58. The van der Waals surface area contributed by atoms with Crippen LogP contribution < -0.4 is 10.1 Å². The highest BCUT2D eigenvalue weighted by atomic mass is 32.2. The Morgan fingerprint density at radius 2 is 1.70 bits per heavy atom. The molecule has 0 radical (unpaired) electrons. The number of rotatable bonds is 6. The number of aryl methyl sites for hydroxylation is 3. The molecule has 0 saturated heterocycles. The number of carbonyl (C=O) groups excluding carboxylic acids is 1. The molecule has 0 atom stereocenters. The van der Waals surface area contributed by atoms with E-state index < -0.39 is 0 Å². The van der Waals surface area contributed by atoms with Gasteiger partial charge in [-0.15, -0.1) is 11.8 Å². The van der Waals surface area contributed by atoms with Crippen molar-refractivity contribution < 1.29 is 9.53 Å². The molecule has 0 heterocycles. The van der Waals surface area contributed by atoms with E-state index in [2.05, 4.69) is 38.2 Å². The molecule has 0 spiro atoms. The van der Waals surface area contributed by atoms with Crippen molar-refractivity contribution in [2.24, 2.45) is 0 Å². The molecule has 1 amide bonds. The van der Waals surface area contributed by atoms with Crippen LogP contribution in [0.2, 0.25) is 0 Å². The maximum absolute atomic E-state index is 12.0. The molecule has 4 heteroatoms. The van der Waals surface area contributed by atoms with Crippen LogP contribution >= 0.6 is 11.8 Å². The summed E-state index contributed by atoms with van der Waals surface area (Å²) in [5.41, 5.74) is 4.92. The van der Waals surface area contributed by atoms with Gasteiger partial charge in [-0.3, -0.25) is 4.79 Å². The molecular formula is C19H23NO2S. The molecule has 23 heavy (non-hydrogen) atoms. The molecule has 122 valence electrons. The Kier molecular flexibility index (Phi) is 6.11. The van der Waals surface area contributed by atoms with Gasteiger partial charge in [0.25, 0.3) is 0 Å². The van der Waals surface area contributed by atoms with Gasteiger partial charge in [-0.2, -0.15) is 0 Å². The van der Waals surface area contributed by atoms with Crippen LogP contribution in [0.15, 0.2) is 41.3 Å². The van der Waals surface area contributed by atoms with E-state index in [9.17, 15) is 4.79 Å². The highest BCUT2D eigenvalue weighted by molar-refractivity contribution is 8.00. The molecule has 0 bridgehead atoms. The van der Waals surface area contributed by atoms with Gasteiger partial charge in [0, 0.05) is 11.4 Å². The zero-order chi connectivity index (χ0) is 16.8. The fourth-order valence-electron chi connectivity index (χ4n) is 2.55. The highest BCUT2D eigenvalue weighted by Crippen LogP contribution is 2.21.